The van der Waals surface area contributed by atoms with Crippen molar-refractivity contribution in [1.29, 1.82) is 0 Å². The van der Waals surface area contributed by atoms with Crippen LogP contribution < -0.4 is 5.32 Å². The van der Waals surface area contributed by atoms with Crippen molar-refractivity contribution in [1.82, 2.24) is 9.88 Å². The second-order valence-electron chi connectivity index (χ2n) is 8.21. The molecule has 4 aromatic rings. The number of alkyl halides is 3. The molecule has 2 N–H and O–H groups in total. The van der Waals surface area contributed by atoms with Gasteiger partial charge in [-0.05, 0) is 66.7 Å². The van der Waals surface area contributed by atoms with Crippen LogP contribution in [0.15, 0.2) is 66.9 Å². The van der Waals surface area contributed by atoms with Crippen LogP contribution in [0.5, 0.6) is 5.75 Å². The minimum Gasteiger partial charge on any atom is -0.505 e. The minimum absolute atomic E-state index is 0.0893. The number of aromatic hydroxyl groups is 1. The van der Waals surface area contributed by atoms with Crippen LogP contribution in [0.25, 0.3) is 22.0 Å². The topological polar surface area (TPSA) is 48.4 Å². The van der Waals surface area contributed by atoms with Crippen LogP contribution in [0.4, 0.5) is 24.5 Å². The highest BCUT2D eigenvalue weighted by molar-refractivity contribution is 6.30. The molecule has 0 aliphatic heterocycles. The van der Waals surface area contributed by atoms with E-state index in [1.54, 1.807) is 18.2 Å². The second kappa shape index (κ2) is 10.1. The maximum Gasteiger partial charge on any atom is 0.416 e. The fraction of sp³-hybridized carbons (Fsp3) is 0.222. The van der Waals surface area contributed by atoms with Crippen molar-refractivity contribution in [2.75, 3.05) is 18.4 Å². The first kappa shape index (κ1) is 24.8. The van der Waals surface area contributed by atoms with Gasteiger partial charge in [-0.1, -0.05) is 43.6 Å². The number of pyridine rings is 1. The molecule has 0 bridgehead atoms. The van der Waals surface area contributed by atoms with Crippen molar-refractivity contribution in [3.05, 3.63) is 83.0 Å². The lowest BCUT2D eigenvalue weighted by molar-refractivity contribution is -0.137. The molecular weight excluding hydrogens is 475 g/mol. The smallest absolute Gasteiger partial charge is 0.416 e. The molecule has 0 unspecified atom stereocenters. The first-order chi connectivity index (χ1) is 16.7. The Hall–Kier alpha value is -3.29. The molecule has 0 aliphatic carbocycles. The summed E-state index contributed by atoms with van der Waals surface area (Å²) in [7, 11) is 0. The van der Waals surface area contributed by atoms with Crippen molar-refractivity contribution in [3.63, 3.8) is 0 Å². The Bertz CT molecular complexity index is 1340. The summed E-state index contributed by atoms with van der Waals surface area (Å²) in [6, 6.07) is 16.3. The van der Waals surface area contributed by atoms with E-state index >= 15 is 0 Å². The summed E-state index contributed by atoms with van der Waals surface area (Å²) in [4.78, 5) is 6.30. The van der Waals surface area contributed by atoms with Crippen molar-refractivity contribution >= 4 is 33.9 Å². The van der Waals surface area contributed by atoms with E-state index in [4.69, 9.17) is 11.6 Å². The molecule has 1 heterocycles. The maximum absolute atomic E-state index is 13.2. The van der Waals surface area contributed by atoms with Crippen LogP contribution in [0, 0.1) is 0 Å². The lowest BCUT2D eigenvalue weighted by Crippen LogP contribution is -2.22. The van der Waals surface area contributed by atoms with Gasteiger partial charge in [0, 0.05) is 34.4 Å². The molecule has 0 aliphatic rings. The Kier molecular flexibility index (Phi) is 7.19. The van der Waals surface area contributed by atoms with Gasteiger partial charge in [0.25, 0.3) is 0 Å². The van der Waals surface area contributed by atoms with Crippen LogP contribution in [0.1, 0.15) is 25.0 Å². The molecule has 182 valence electrons. The Morgan fingerprint density at radius 3 is 2.29 bits per heavy atom. The van der Waals surface area contributed by atoms with Crippen LogP contribution in [-0.2, 0) is 12.7 Å². The van der Waals surface area contributed by atoms with Crippen LogP contribution in [-0.4, -0.2) is 28.1 Å². The third-order valence-corrected chi connectivity index (χ3v) is 6.25. The first-order valence-electron chi connectivity index (χ1n) is 11.3. The summed E-state index contributed by atoms with van der Waals surface area (Å²) in [6.45, 7) is 6.30. The number of benzene rings is 3. The molecule has 4 nitrogen and oxygen atoms in total. The summed E-state index contributed by atoms with van der Waals surface area (Å²) in [5.41, 5.74) is 2.98. The van der Waals surface area contributed by atoms with Gasteiger partial charge in [0.1, 0.15) is 5.75 Å². The fourth-order valence-electron chi connectivity index (χ4n) is 3.99. The number of rotatable bonds is 7. The molecule has 1 aromatic heterocycles. The summed E-state index contributed by atoms with van der Waals surface area (Å²) in [5.74, 6) is 0.0893. The van der Waals surface area contributed by atoms with Gasteiger partial charge in [0.2, 0.25) is 0 Å². The number of fused-ring (bicyclic) bond motifs is 1. The number of halogens is 4. The van der Waals surface area contributed by atoms with Gasteiger partial charge < -0.3 is 10.4 Å². The zero-order valence-electron chi connectivity index (χ0n) is 19.3. The third-order valence-electron chi connectivity index (χ3n) is 5.99. The molecule has 0 radical (unpaired) electrons. The van der Waals surface area contributed by atoms with Gasteiger partial charge in [-0.2, -0.15) is 13.2 Å². The molecule has 8 heteroatoms. The number of nitrogens with zero attached hydrogens (tertiary/aromatic N) is 2. The fourth-order valence-corrected chi connectivity index (χ4v) is 4.11. The zero-order valence-corrected chi connectivity index (χ0v) is 20.1. The summed E-state index contributed by atoms with van der Waals surface area (Å²) in [5, 5.41) is 15.5. The average Bonchev–Trinajstić information content (AvgIpc) is 2.84. The predicted octanol–water partition coefficient (Wildman–Crippen LogP) is 7.87. The molecule has 0 amide bonds. The molecule has 0 atom stereocenters. The van der Waals surface area contributed by atoms with E-state index in [0.29, 0.717) is 28.3 Å². The van der Waals surface area contributed by atoms with Gasteiger partial charge in [-0.3, -0.25) is 9.88 Å². The van der Waals surface area contributed by atoms with E-state index in [1.807, 2.05) is 24.3 Å². The molecule has 35 heavy (non-hydrogen) atoms. The highest BCUT2D eigenvalue weighted by atomic mass is 35.5. The highest BCUT2D eigenvalue weighted by Gasteiger charge is 2.30. The van der Waals surface area contributed by atoms with Gasteiger partial charge in [0.15, 0.2) is 0 Å². The van der Waals surface area contributed by atoms with Gasteiger partial charge in [-0.15, -0.1) is 0 Å². The summed E-state index contributed by atoms with van der Waals surface area (Å²) >= 11 is 6.06. The Balaban J connectivity index is 1.80. The largest absolute Gasteiger partial charge is 0.505 e. The molecule has 0 spiro atoms. The molecule has 0 saturated carbocycles. The van der Waals surface area contributed by atoms with E-state index in [9.17, 15) is 18.3 Å². The zero-order chi connectivity index (χ0) is 25.2. The maximum atomic E-state index is 13.2. The van der Waals surface area contributed by atoms with E-state index in [0.717, 1.165) is 41.9 Å². The lowest BCUT2D eigenvalue weighted by Gasteiger charge is -2.21. The number of anilines is 2. The normalized spacial score (nSPS) is 11.9. The van der Waals surface area contributed by atoms with Gasteiger partial charge in [-0.25, -0.2) is 0 Å². The molecule has 0 fully saturated rings. The quantitative estimate of drug-likeness (QED) is 0.254. The molecule has 4 rings (SSSR count). The van der Waals surface area contributed by atoms with E-state index < -0.39 is 11.7 Å². The Morgan fingerprint density at radius 1 is 0.914 bits per heavy atom. The number of aromatic nitrogens is 1. The van der Waals surface area contributed by atoms with Crippen LogP contribution >= 0.6 is 11.6 Å². The second-order valence-corrected chi connectivity index (χ2v) is 8.65. The number of nitrogens with one attached hydrogen (secondary N) is 1. The number of phenols is 1. The van der Waals surface area contributed by atoms with E-state index in [-0.39, 0.29) is 11.3 Å². The van der Waals surface area contributed by atoms with Crippen molar-refractivity contribution < 1.29 is 18.3 Å². The standard InChI is InChI=1S/C27H25ClF3N3O/c1-3-34(4-2)16-19-13-18(17-5-8-21(28)9-6-17)14-25(26(19)35)33-23-11-12-32-24-15-20(27(29,30)31)7-10-22(23)24/h5-15,35H,3-4,16H2,1-2H3,(H,32,33). The first-order valence-corrected chi connectivity index (χ1v) is 11.6. The predicted molar refractivity (Wildman–Crippen MR) is 135 cm³/mol. The van der Waals surface area contributed by atoms with Crippen LogP contribution in [0.2, 0.25) is 5.02 Å². The van der Waals surface area contributed by atoms with Gasteiger partial charge >= 0.3 is 6.18 Å². The third kappa shape index (κ3) is 5.52. The SMILES string of the molecule is CCN(CC)Cc1cc(-c2ccc(Cl)cc2)cc(Nc2ccnc3cc(C(F)(F)F)ccc23)c1O. The van der Waals surface area contributed by atoms with Crippen molar-refractivity contribution in [2.45, 2.75) is 26.6 Å². The number of hydrogen-bond donors (Lipinski definition) is 2. The number of hydrogen-bond acceptors (Lipinski definition) is 4. The monoisotopic (exact) mass is 499 g/mol. The van der Waals surface area contributed by atoms with Crippen molar-refractivity contribution in [3.8, 4) is 16.9 Å². The molecular formula is C27H25ClF3N3O. The molecule has 0 saturated heterocycles. The Morgan fingerprint density at radius 2 is 1.63 bits per heavy atom. The highest BCUT2D eigenvalue weighted by Crippen LogP contribution is 2.39. The van der Waals surface area contributed by atoms with Gasteiger partial charge in [0.05, 0.1) is 16.8 Å². The van der Waals surface area contributed by atoms with E-state index in [1.165, 1.54) is 12.3 Å². The number of phenolic OH excluding ortho intramolecular Hbond substituents is 1. The van der Waals surface area contributed by atoms with Crippen LogP contribution in [0.3, 0.4) is 0 Å². The minimum atomic E-state index is -4.45. The molecule has 3 aromatic carbocycles. The van der Waals surface area contributed by atoms with Crippen molar-refractivity contribution in [2.24, 2.45) is 0 Å². The average molecular weight is 500 g/mol. The Labute approximate surface area is 207 Å². The summed E-state index contributed by atoms with van der Waals surface area (Å²) in [6.07, 6.45) is -3.01. The lowest BCUT2D eigenvalue weighted by atomic mass is 10.00. The van der Waals surface area contributed by atoms with E-state index in [2.05, 4.69) is 29.0 Å². The summed E-state index contributed by atoms with van der Waals surface area (Å²) < 4.78 is 39.5.